The second-order valence-corrected chi connectivity index (χ2v) is 45.6. The summed E-state index contributed by atoms with van der Waals surface area (Å²) in [4.78, 5) is 9.82. The Bertz CT molecular complexity index is 40.7. The molecule has 6 heavy (non-hydrogen) atoms. The third kappa shape index (κ3) is 86.0. The summed E-state index contributed by atoms with van der Waals surface area (Å²) in [5, 5.41) is 0. The zero-order valence-corrected chi connectivity index (χ0v) is 9.54. The average molecular weight is 218 g/mol. The number of rotatable bonds is 0. The zero-order chi connectivity index (χ0) is 5.45. The van der Waals surface area contributed by atoms with E-state index >= 15 is 0 Å². The molecule has 2 heteroatoms. The van der Waals surface area contributed by atoms with Crippen LogP contribution >= 0.6 is 16.3 Å². The van der Waals surface area contributed by atoms with Crippen molar-refractivity contribution in [2.24, 2.45) is 0 Å². The second kappa shape index (κ2) is 1.21. The van der Waals surface area contributed by atoms with Crippen molar-refractivity contribution in [3.63, 3.8) is 0 Å². The van der Waals surface area contributed by atoms with Gasteiger partial charge in [0.1, 0.15) is 0 Å². The summed E-state index contributed by atoms with van der Waals surface area (Å²) in [6, 6.07) is 0. The molecule has 0 saturated heterocycles. The molecule has 0 aromatic rings. The Labute approximate surface area is 43.8 Å². The van der Waals surface area contributed by atoms with E-state index in [4.69, 9.17) is 0 Å². The Balaban J connectivity index is 3.73. The third-order valence-electron chi connectivity index (χ3n) is 0. The van der Waals surface area contributed by atoms with E-state index in [-0.39, 0.29) is 0 Å². The molecule has 0 nitrogen and oxygen atoms in total. The Morgan fingerprint density at radius 3 is 1.00 bits per heavy atom. The molecule has 0 aliphatic carbocycles. The van der Waals surface area contributed by atoms with Gasteiger partial charge in [-0.2, -0.15) is 0 Å². The predicted molar refractivity (Wildman–Crippen MR) is 47.7 cm³/mol. The molecule has 42 valence electrons. The van der Waals surface area contributed by atoms with E-state index in [2.05, 4.69) is 19.7 Å². The summed E-state index contributed by atoms with van der Waals surface area (Å²) >= 11 is -1.41. The van der Waals surface area contributed by atoms with Gasteiger partial charge in [-0.1, -0.05) is 0 Å². The van der Waals surface area contributed by atoms with Crippen molar-refractivity contribution in [2.45, 2.75) is 0 Å². The van der Waals surface area contributed by atoms with Crippen molar-refractivity contribution < 1.29 is 0 Å². The Hall–Kier alpha value is 0.947. The maximum atomic E-state index is 2.46. The molecule has 0 aromatic heterocycles. The minimum atomic E-state index is -1.41. The van der Waals surface area contributed by atoms with E-state index in [0.717, 1.165) is 0 Å². The first-order valence-corrected chi connectivity index (χ1v) is 17.7. The van der Waals surface area contributed by atoms with E-state index in [1.165, 1.54) is 7.74 Å². The Kier molecular flexibility index (Phi) is 1.41. The van der Waals surface area contributed by atoms with Gasteiger partial charge < -0.3 is 0 Å². The maximum absolute atomic E-state index is 2.46. The molecule has 0 heterocycles. The van der Waals surface area contributed by atoms with Crippen LogP contribution in [0.1, 0.15) is 0 Å². The van der Waals surface area contributed by atoms with Crippen molar-refractivity contribution in [3.05, 3.63) is 0 Å². The fourth-order valence-corrected chi connectivity index (χ4v) is 0. The molecule has 0 aliphatic rings. The van der Waals surface area contributed by atoms with Crippen LogP contribution in [-0.4, -0.2) is 27.5 Å². The zero-order valence-electron chi connectivity index (χ0n) is 5.38. The van der Waals surface area contributed by atoms with Gasteiger partial charge in [-0.05, 0) is 0 Å². The first-order chi connectivity index (χ1) is 2.24. The fraction of sp³-hybridized carbons (Fsp3) is 1.00. The number of hydrogen-bond acceptors (Lipinski definition) is 0. The van der Waals surface area contributed by atoms with E-state index in [0.29, 0.717) is 0 Å². The standard InChI is InChI=1S/C4H15ISi/c1-5(2,3,4)6/h1-4,6H3. The van der Waals surface area contributed by atoms with Crippen LogP contribution in [0.3, 0.4) is 0 Å². The molecule has 0 unspecified atom stereocenters. The quantitative estimate of drug-likeness (QED) is 0.238. The van der Waals surface area contributed by atoms with Gasteiger partial charge in [0.15, 0.2) is 0 Å². The van der Waals surface area contributed by atoms with Gasteiger partial charge >= 0.3 is 43.7 Å². The fourth-order valence-electron chi connectivity index (χ4n) is 0. The summed E-state index contributed by atoms with van der Waals surface area (Å²) in [5.74, 6) is 0. The molecule has 0 aliphatic heterocycles. The Morgan fingerprint density at radius 2 is 1.00 bits per heavy atom. The van der Waals surface area contributed by atoms with E-state index in [9.17, 15) is 0 Å². The molecule has 0 saturated carbocycles. The molecule has 0 N–H and O–H groups in total. The minimum absolute atomic E-state index is 1.41. The van der Waals surface area contributed by atoms with E-state index in [1.54, 1.807) is 0 Å². The van der Waals surface area contributed by atoms with Gasteiger partial charge in [0.2, 0.25) is 0 Å². The summed E-state index contributed by atoms with van der Waals surface area (Å²) < 4.78 is 0. The molecule has 0 fully saturated rings. The Morgan fingerprint density at radius 1 is 1.00 bits per heavy atom. The second-order valence-electron chi connectivity index (χ2n) is 3.78. The van der Waals surface area contributed by atoms with Crippen molar-refractivity contribution >= 4 is 24.0 Å². The van der Waals surface area contributed by atoms with Gasteiger partial charge in [0, 0.05) is 0 Å². The predicted octanol–water partition coefficient (Wildman–Crippen LogP) is 0.364. The first-order valence-electron chi connectivity index (χ1n) is 1.89. The van der Waals surface area contributed by atoms with Gasteiger partial charge in [-0.3, -0.25) is 0 Å². The van der Waals surface area contributed by atoms with Gasteiger partial charge in [-0.25, -0.2) is 0 Å². The SMILES string of the molecule is CI(C)(C)(C)[SiH3]. The average Bonchev–Trinajstić information content (AvgIpc) is 0.650. The number of halogens is 1. The molecule has 0 amide bonds. The topological polar surface area (TPSA) is 0 Å². The molecule has 0 rings (SSSR count). The summed E-state index contributed by atoms with van der Waals surface area (Å²) in [7, 11) is 1.45. The normalized spacial score (nSPS) is 19.7. The van der Waals surface area contributed by atoms with Crippen molar-refractivity contribution in [1.82, 2.24) is 0 Å². The number of alkyl halides is 4. The van der Waals surface area contributed by atoms with Crippen LogP contribution in [0.4, 0.5) is 0 Å². The van der Waals surface area contributed by atoms with Gasteiger partial charge in [0.25, 0.3) is 0 Å². The molecule has 0 spiro atoms. The van der Waals surface area contributed by atoms with Crippen LogP contribution < -0.4 is 0 Å². The van der Waals surface area contributed by atoms with Gasteiger partial charge in [0.05, 0.1) is 0 Å². The molecule has 0 aromatic carbocycles. The molecule has 0 bridgehead atoms. The van der Waals surface area contributed by atoms with Crippen LogP contribution in [0.5, 0.6) is 0 Å². The summed E-state index contributed by atoms with van der Waals surface area (Å²) in [5.41, 5.74) is 0. The molecule has 0 radical (unpaired) electrons. The summed E-state index contributed by atoms with van der Waals surface area (Å²) in [6.07, 6.45) is 0. The van der Waals surface area contributed by atoms with Crippen molar-refractivity contribution in [2.75, 3.05) is 19.7 Å². The van der Waals surface area contributed by atoms with Crippen LogP contribution in [-0.2, 0) is 0 Å². The first kappa shape index (κ1) is 6.95. The molecule has 0 atom stereocenters. The van der Waals surface area contributed by atoms with E-state index in [1.807, 2.05) is 0 Å². The summed E-state index contributed by atoms with van der Waals surface area (Å²) in [6.45, 7) is 0. The number of hydrogen-bond donors (Lipinski definition) is 0. The monoisotopic (exact) mass is 218 g/mol. The van der Waals surface area contributed by atoms with Crippen LogP contribution in [0.15, 0.2) is 0 Å². The molecular formula is C4H15ISi. The van der Waals surface area contributed by atoms with Crippen molar-refractivity contribution in [3.8, 4) is 0 Å². The van der Waals surface area contributed by atoms with E-state index < -0.39 is 16.3 Å². The van der Waals surface area contributed by atoms with Crippen LogP contribution in [0.25, 0.3) is 0 Å². The van der Waals surface area contributed by atoms with Gasteiger partial charge in [-0.15, -0.1) is 0 Å². The van der Waals surface area contributed by atoms with Crippen LogP contribution in [0.2, 0.25) is 0 Å². The third-order valence-corrected chi connectivity index (χ3v) is 0. The molecular weight excluding hydrogens is 203 g/mol. The van der Waals surface area contributed by atoms with Crippen molar-refractivity contribution in [1.29, 1.82) is 0 Å². The van der Waals surface area contributed by atoms with Crippen LogP contribution in [0, 0.1) is 0 Å².